The molecule has 1 heterocycles. The number of halogens is 4. The highest BCUT2D eigenvalue weighted by molar-refractivity contribution is 8.00. The van der Waals surface area contributed by atoms with Crippen LogP contribution in [0.25, 0.3) is 0 Å². The Morgan fingerprint density at radius 3 is 2.11 bits per heavy atom. The second kappa shape index (κ2) is 11.5. The van der Waals surface area contributed by atoms with Crippen molar-refractivity contribution in [2.45, 2.75) is 29.2 Å². The van der Waals surface area contributed by atoms with E-state index in [0.717, 1.165) is 4.90 Å². The van der Waals surface area contributed by atoms with E-state index in [9.17, 15) is 9.90 Å². The van der Waals surface area contributed by atoms with Crippen molar-refractivity contribution in [2.24, 2.45) is 0 Å². The lowest BCUT2D eigenvalue weighted by molar-refractivity contribution is -0.139. The lowest BCUT2D eigenvalue weighted by Gasteiger charge is -2.38. The number of carbonyl (C=O) groups excluding carboxylic acids is 1. The van der Waals surface area contributed by atoms with Crippen molar-refractivity contribution in [3.63, 3.8) is 0 Å². The third-order valence-corrected chi connectivity index (χ3v) is 7.97. The number of aliphatic hydroxyl groups is 1. The van der Waals surface area contributed by atoms with Crippen LogP contribution in [0.1, 0.15) is 30.1 Å². The van der Waals surface area contributed by atoms with Crippen molar-refractivity contribution in [1.29, 1.82) is 0 Å². The number of thioether (sulfide) groups is 1. The van der Waals surface area contributed by atoms with E-state index in [1.54, 1.807) is 37.3 Å². The summed E-state index contributed by atoms with van der Waals surface area (Å²) in [6, 6.07) is 18.5. The molecule has 0 spiro atoms. The number of nitrogens with one attached hydrogen (secondary N) is 1. The number of aliphatic hydroxyl groups excluding tert-OH is 1. The molecule has 4 nitrogen and oxygen atoms in total. The molecule has 0 amide bonds. The second-order valence-corrected chi connectivity index (χ2v) is 10.7. The fourth-order valence-corrected chi connectivity index (χ4v) is 6.25. The summed E-state index contributed by atoms with van der Waals surface area (Å²) < 4.78 is 5.33. The summed E-state index contributed by atoms with van der Waals surface area (Å²) in [6.45, 7) is 1.86. The van der Waals surface area contributed by atoms with Crippen LogP contribution >= 0.6 is 58.2 Å². The molecule has 182 valence electrons. The van der Waals surface area contributed by atoms with Crippen molar-refractivity contribution >= 4 is 64.1 Å². The molecule has 0 fully saturated rings. The number of esters is 1. The van der Waals surface area contributed by atoms with Gasteiger partial charge in [-0.1, -0.05) is 76.7 Å². The molecule has 3 aromatic carbocycles. The highest BCUT2D eigenvalue weighted by atomic mass is 35.5. The second-order valence-electron chi connectivity index (χ2n) is 7.78. The van der Waals surface area contributed by atoms with Crippen LogP contribution in [0.15, 0.2) is 83.0 Å². The van der Waals surface area contributed by atoms with Crippen molar-refractivity contribution in [1.82, 2.24) is 5.32 Å². The van der Waals surface area contributed by atoms with Crippen LogP contribution < -0.4 is 5.32 Å². The maximum Gasteiger partial charge on any atom is 0.339 e. The van der Waals surface area contributed by atoms with Crippen molar-refractivity contribution < 1.29 is 14.6 Å². The maximum atomic E-state index is 13.1. The minimum absolute atomic E-state index is 0.0887. The van der Waals surface area contributed by atoms with E-state index < -0.39 is 23.3 Å². The number of rotatable bonds is 6. The normalized spacial score (nSPS) is 20.1. The molecule has 1 aliphatic rings. The van der Waals surface area contributed by atoms with E-state index in [2.05, 4.69) is 5.32 Å². The molecule has 3 aromatic rings. The summed E-state index contributed by atoms with van der Waals surface area (Å²) in [4.78, 5) is 14.0. The van der Waals surface area contributed by atoms with E-state index in [-0.39, 0.29) is 17.9 Å². The summed E-state index contributed by atoms with van der Waals surface area (Å²) >= 11 is 26.8. The molecule has 0 saturated carbocycles. The zero-order valence-corrected chi connectivity index (χ0v) is 22.3. The monoisotopic (exact) mass is 567 g/mol. The Labute approximate surface area is 228 Å². The quantitative estimate of drug-likeness (QED) is 0.293. The number of benzene rings is 3. The topological polar surface area (TPSA) is 58.6 Å². The highest BCUT2D eigenvalue weighted by Gasteiger charge is 2.43. The van der Waals surface area contributed by atoms with Gasteiger partial charge in [-0.25, -0.2) is 4.79 Å². The Kier molecular flexibility index (Phi) is 8.59. The summed E-state index contributed by atoms with van der Waals surface area (Å²) in [7, 11) is 0. The Morgan fingerprint density at radius 2 is 1.54 bits per heavy atom. The SMILES string of the molecule is CCOC(=O)C1=C(O)[C@H](Sc2ccccc2)[C@H](c2ccc(Cl)cc2Cl)N[C@@H]1c1ccc(Cl)cc1Cl. The van der Waals surface area contributed by atoms with Gasteiger partial charge in [-0.3, -0.25) is 5.32 Å². The first-order valence-electron chi connectivity index (χ1n) is 10.8. The molecule has 0 saturated heterocycles. The molecule has 1 aliphatic heterocycles. The van der Waals surface area contributed by atoms with Crippen LogP contribution in [0, 0.1) is 0 Å². The predicted octanol–water partition coefficient (Wildman–Crippen LogP) is 8.22. The number of hydrogen-bond donors (Lipinski definition) is 2. The minimum atomic E-state index is -0.775. The van der Waals surface area contributed by atoms with Gasteiger partial charge in [0.25, 0.3) is 0 Å². The maximum absolute atomic E-state index is 13.1. The van der Waals surface area contributed by atoms with Crippen molar-refractivity contribution in [3.8, 4) is 0 Å². The predicted molar refractivity (Wildman–Crippen MR) is 144 cm³/mol. The molecule has 35 heavy (non-hydrogen) atoms. The van der Waals surface area contributed by atoms with Gasteiger partial charge in [0.15, 0.2) is 0 Å². The van der Waals surface area contributed by atoms with Crippen LogP contribution in [-0.4, -0.2) is 22.9 Å². The first-order valence-corrected chi connectivity index (χ1v) is 13.2. The van der Waals surface area contributed by atoms with E-state index in [1.807, 2.05) is 36.4 Å². The molecule has 3 atom stereocenters. The average molecular weight is 569 g/mol. The Hall–Kier alpha value is -1.86. The average Bonchev–Trinajstić information content (AvgIpc) is 2.81. The number of carbonyl (C=O) groups is 1. The Morgan fingerprint density at radius 1 is 0.943 bits per heavy atom. The lowest BCUT2D eigenvalue weighted by atomic mass is 9.87. The zero-order chi connectivity index (χ0) is 25.1. The number of ether oxygens (including phenoxy) is 1. The van der Waals surface area contributed by atoms with Gasteiger partial charge < -0.3 is 9.84 Å². The highest BCUT2D eigenvalue weighted by Crippen LogP contribution is 2.47. The first kappa shape index (κ1) is 26.2. The Bertz CT molecular complexity index is 1270. The van der Waals surface area contributed by atoms with E-state index in [0.29, 0.717) is 31.2 Å². The summed E-state index contributed by atoms with van der Waals surface area (Å²) in [5.74, 6) is -0.740. The molecule has 4 rings (SSSR count). The molecular weight excluding hydrogens is 548 g/mol. The summed E-state index contributed by atoms with van der Waals surface area (Å²) in [6.07, 6.45) is 0. The van der Waals surface area contributed by atoms with Gasteiger partial charge in [0.1, 0.15) is 5.76 Å². The van der Waals surface area contributed by atoms with Gasteiger partial charge in [-0.15, -0.1) is 11.8 Å². The standard InChI is InChI=1S/C26H21Cl4NO3S/c1-2-34-26(33)21-22(17-10-8-14(27)12-19(17)29)31-23(18-11-9-15(28)13-20(18)30)25(24(21)32)35-16-6-4-3-5-7-16/h3-13,22-23,25,31-32H,2H2,1H3/t22-,23+,25-/m1/s1. The van der Waals surface area contributed by atoms with E-state index in [1.165, 1.54) is 11.8 Å². The molecule has 0 bridgehead atoms. The van der Waals surface area contributed by atoms with E-state index in [4.69, 9.17) is 51.1 Å². The third kappa shape index (κ3) is 5.77. The minimum Gasteiger partial charge on any atom is -0.510 e. The molecule has 0 aromatic heterocycles. The van der Waals surface area contributed by atoms with Crippen LogP contribution in [-0.2, 0) is 9.53 Å². The molecular formula is C26H21Cl4NO3S. The van der Waals surface area contributed by atoms with Crippen LogP contribution in [0.3, 0.4) is 0 Å². The summed E-state index contributed by atoms with van der Waals surface area (Å²) in [5.41, 5.74) is 1.38. The van der Waals surface area contributed by atoms with Crippen LogP contribution in [0.4, 0.5) is 0 Å². The Balaban J connectivity index is 1.91. The molecule has 0 radical (unpaired) electrons. The smallest absolute Gasteiger partial charge is 0.339 e. The van der Waals surface area contributed by atoms with Gasteiger partial charge in [0.05, 0.1) is 29.5 Å². The largest absolute Gasteiger partial charge is 0.510 e. The van der Waals surface area contributed by atoms with Gasteiger partial charge in [0, 0.05) is 25.0 Å². The van der Waals surface area contributed by atoms with Crippen LogP contribution in [0.5, 0.6) is 0 Å². The zero-order valence-electron chi connectivity index (χ0n) is 18.5. The van der Waals surface area contributed by atoms with Gasteiger partial charge in [0.2, 0.25) is 0 Å². The summed E-state index contributed by atoms with van der Waals surface area (Å²) in [5, 5.41) is 16.2. The van der Waals surface area contributed by atoms with Crippen molar-refractivity contribution in [3.05, 3.63) is 109 Å². The molecule has 2 N–H and O–H groups in total. The fourth-order valence-electron chi connectivity index (χ4n) is 4.00. The molecule has 0 unspecified atom stereocenters. The molecule has 9 heteroatoms. The van der Waals surface area contributed by atoms with Gasteiger partial charge in [-0.05, 0) is 54.4 Å². The molecule has 0 aliphatic carbocycles. The van der Waals surface area contributed by atoms with Gasteiger partial charge in [-0.2, -0.15) is 0 Å². The van der Waals surface area contributed by atoms with Gasteiger partial charge >= 0.3 is 5.97 Å². The first-order chi connectivity index (χ1) is 16.8. The lowest BCUT2D eigenvalue weighted by Crippen LogP contribution is -2.43. The van der Waals surface area contributed by atoms with Crippen molar-refractivity contribution in [2.75, 3.05) is 6.61 Å². The fraction of sp³-hybridized carbons (Fsp3) is 0.192. The van der Waals surface area contributed by atoms with E-state index >= 15 is 0 Å². The third-order valence-electron chi connectivity index (χ3n) is 5.56. The van der Waals surface area contributed by atoms with Crippen LogP contribution in [0.2, 0.25) is 20.1 Å². The number of hydrogen-bond acceptors (Lipinski definition) is 5.